The number of nitrogens with two attached hydrogens (primary N) is 1. The Hall–Kier alpha value is -2.01. The van der Waals surface area contributed by atoms with E-state index >= 15 is 0 Å². The molecule has 1 aromatic rings. The second-order valence-electron chi connectivity index (χ2n) is 4.56. The van der Waals surface area contributed by atoms with Crippen LogP contribution in [-0.2, 0) is 9.59 Å². The average Bonchev–Trinajstić information content (AvgIpc) is 2.39. The van der Waals surface area contributed by atoms with Crippen molar-refractivity contribution in [3.05, 3.63) is 35.9 Å². The Bertz CT molecular complexity index is 511. The van der Waals surface area contributed by atoms with Crippen molar-refractivity contribution in [2.45, 2.75) is 31.7 Å². The van der Waals surface area contributed by atoms with Gasteiger partial charge in [0.1, 0.15) is 11.8 Å². The van der Waals surface area contributed by atoms with E-state index in [0.29, 0.717) is 12.0 Å². The Morgan fingerprint density at radius 3 is 2.58 bits per heavy atom. The quantitative estimate of drug-likeness (QED) is 0.790. The summed E-state index contributed by atoms with van der Waals surface area (Å²) in [6.45, 7) is 1.99. The van der Waals surface area contributed by atoms with Crippen molar-refractivity contribution in [2.75, 3.05) is 0 Å². The van der Waals surface area contributed by atoms with Gasteiger partial charge in [-0.1, -0.05) is 43.7 Å². The molecule has 2 unspecified atom stereocenters. The van der Waals surface area contributed by atoms with E-state index in [1.807, 2.05) is 13.0 Å². The van der Waals surface area contributed by atoms with E-state index in [0.717, 1.165) is 6.42 Å². The molecule has 100 valence electrons. The molecular weight excluding hydrogens is 242 g/mol. The summed E-state index contributed by atoms with van der Waals surface area (Å²) in [6, 6.07) is 8.51. The van der Waals surface area contributed by atoms with Gasteiger partial charge in [-0.3, -0.25) is 9.59 Å². The molecule has 2 amide bonds. The fraction of sp³-hybridized carbons (Fsp3) is 0.357. The SMILES string of the molecule is CCCC(N)C1=NC(=O)C(c2ccccc2)C(=O)N1. The molecule has 0 fully saturated rings. The number of amides is 2. The van der Waals surface area contributed by atoms with Gasteiger partial charge < -0.3 is 11.1 Å². The number of hydrogen-bond donors (Lipinski definition) is 2. The van der Waals surface area contributed by atoms with Gasteiger partial charge in [-0.15, -0.1) is 0 Å². The van der Waals surface area contributed by atoms with Crippen molar-refractivity contribution in [3.8, 4) is 0 Å². The number of hydrogen-bond acceptors (Lipinski definition) is 3. The largest absolute Gasteiger partial charge is 0.321 e. The molecule has 1 aromatic carbocycles. The van der Waals surface area contributed by atoms with Crippen LogP contribution in [0.4, 0.5) is 0 Å². The van der Waals surface area contributed by atoms with Crippen molar-refractivity contribution >= 4 is 17.6 Å². The minimum atomic E-state index is -0.862. The third-order valence-electron chi connectivity index (χ3n) is 3.07. The van der Waals surface area contributed by atoms with E-state index in [-0.39, 0.29) is 11.7 Å². The van der Waals surface area contributed by atoms with Gasteiger partial charge in [0, 0.05) is 0 Å². The molecule has 5 heteroatoms. The first-order valence-corrected chi connectivity index (χ1v) is 6.37. The molecule has 1 aliphatic rings. The minimum Gasteiger partial charge on any atom is -0.321 e. The molecular formula is C14H17N3O2. The molecule has 0 aromatic heterocycles. The summed E-state index contributed by atoms with van der Waals surface area (Å²) < 4.78 is 0. The van der Waals surface area contributed by atoms with Crippen molar-refractivity contribution in [2.24, 2.45) is 10.7 Å². The number of benzene rings is 1. The van der Waals surface area contributed by atoms with Crippen LogP contribution in [-0.4, -0.2) is 23.7 Å². The Kier molecular flexibility index (Phi) is 4.06. The maximum Gasteiger partial charge on any atom is 0.264 e. The van der Waals surface area contributed by atoms with Gasteiger partial charge in [0.2, 0.25) is 5.91 Å². The highest BCUT2D eigenvalue weighted by Crippen LogP contribution is 2.20. The summed E-state index contributed by atoms with van der Waals surface area (Å²) in [4.78, 5) is 28.0. The van der Waals surface area contributed by atoms with E-state index in [1.165, 1.54) is 0 Å². The predicted molar refractivity (Wildman–Crippen MR) is 72.7 cm³/mol. The van der Waals surface area contributed by atoms with E-state index < -0.39 is 17.9 Å². The van der Waals surface area contributed by atoms with E-state index in [2.05, 4.69) is 10.3 Å². The molecule has 19 heavy (non-hydrogen) atoms. The number of carbonyl (C=O) groups excluding carboxylic acids is 2. The fourth-order valence-corrected chi connectivity index (χ4v) is 2.08. The Morgan fingerprint density at radius 1 is 1.32 bits per heavy atom. The fourth-order valence-electron chi connectivity index (χ4n) is 2.08. The summed E-state index contributed by atoms with van der Waals surface area (Å²) in [6.07, 6.45) is 1.55. The lowest BCUT2D eigenvalue weighted by Crippen LogP contribution is -2.50. The molecule has 0 saturated heterocycles. The first-order chi connectivity index (χ1) is 9.13. The number of nitrogens with zero attached hydrogens (tertiary/aromatic N) is 1. The molecule has 0 saturated carbocycles. The molecule has 0 aliphatic carbocycles. The molecule has 1 aliphatic heterocycles. The lowest BCUT2D eigenvalue weighted by molar-refractivity contribution is -0.129. The topological polar surface area (TPSA) is 84.5 Å². The maximum atomic E-state index is 12.1. The zero-order valence-corrected chi connectivity index (χ0v) is 10.8. The maximum absolute atomic E-state index is 12.1. The van der Waals surface area contributed by atoms with Crippen LogP contribution in [0, 0.1) is 0 Å². The third kappa shape index (κ3) is 2.88. The van der Waals surface area contributed by atoms with Gasteiger partial charge in [0.25, 0.3) is 5.91 Å². The minimum absolute atomic E-state index is 0.282. The van der Waals surface area contributed by atoms with Gasteiger partial charge in [-0.25, -0.2) is 0 Å². The normalized spacial score (nSPS) is 20.7. The third-order valence-corrected chi connectivity index (χ3v) is 3.07. The van der Waals surface area contributed by atoms with Crippen LogP contribution in [0.25, 0.3) is 0 Å². The van der Waals surface area contributed by atoms with E-state index in [1.54, 1.807) is 24.3 Å². The molecule has 5 nitrogen and oxygen atoms in total. The van der Waals surface area contributed by atoms with Crippen molar-refractivity contribution in [3.63, 3.8) is 0 Å². The van der Waals surface area contributed by atoms with Gasteiger partial charge >= 0.3 is 0 Å². The van der Waals surface area contributed by atoms with Crippen LogP contribution in [0.15, 0.2) is 35.3 Å². The van der Waals surface area contributed by atoms with Crippen molar-refractivity contribution in [1.82, 2.24) is 5.32 Å². The van der Waals surface area contributed by atoms with Crippen LogP contribution in [0.3, 0.4) is 0 Å². The molecule has 0 spiro atoms. The molecule has 0 bridgehead atoms. The number of rotatable bonds is 4. The van der Waals surface area contributed by atoms with E-state index in [4.69, 9.17) is 5.73 Å². The van der Waals surface area contributed by atoms with Gasteiger partial charge in [0.05, 0.1) is 6.04 Å². The molecule has 0 radical (unpaired) electrons. The number of amidine groups is 1. The first kappa shape index (κ1) is 13.4. The zero-order valence-electron chi connectivity index (χ0n) is 10.8. The highest BCUT2D eigenvalue weighted by Gasteiger charge is 2.34. The zero-order chi connectivity index (χ0) is 13.8. The second-order valence-corrected chi connectivity index (χ2v) is 4.56. The second kappa shape index (κ2) is 5.75. The van der Waals surface area contributed by atoms with Crippen LogP contribution >= 0.6 is 0 Å². The van der Waals surface area contributed by atoms with Crippen LogP contribution in [0.2, 0.25) is 0 Å². The Balaban J connectivity index is 2.24. The Morgan fingerprint density at radius 2 is 2.00 bits per heavy atom. The highest BCUT2D eigenvalue weighted by atomic mass is 16.2. The molecule has 1 heterocycles. The Labute approximate surface area is 111 Å². The summed E-state index contributed by atoms with van der Waals surface area (Å²) in [5.74, 6) is -1.38. The molecule has 2 rings (SSSR count). The summed E-state index contributed by atoms with van der Waals surface area (Å²) in [7, 11) is 0. The smallest absolute Gasteiger partial charge is 0.264 e. The standard InChI is InChI=1S/C14H17N3O2/c1-2-6-10(15)12-16-13(18)11(14(19)17-12)9-7-4-3-5-8-9/h3-5,7-8,10-11H,2,6,15H2,1H3,(H,16,17,18,19). The first-order valence-electron chi connectivity index (χ1n) is 6.37. The summed E-state index contributed by atoms with van der Waals surface area (Å²) >= 11 is 0. The van der Waals surface area contributed by atoms with Crippen LogP contribution in [0.1, 0.15) is 31.2 Å². The van der Waals surface area contributed by atoms with Gasteiger partial charge in [-0.05, 0) is 12.0 Å². The molecule has 2 atom stereocenters. The molecule has 3 N–H and O–H groups in total. The number of aliphatic imine (C=N–C) groups is 1. The predicted octanol–water partition coefficient (Wildman–Crippen LogP) is 0.953. The van der Waals surface area contributed by atoms with Crippen LogP contribution < -0.4 is 11.1 Å². The summed E-state index contributed by atoms with van der Waals surface area (Å²) in [5, 5.41) is 2.65. The lowest BCUT2D eigenvalue weighted by Gasteiger charge is -2.23. The average molecular weight is 259 g/mol. The van der Waals surface area contributed by atoms with Gasteiger partial charge in [0.15, 0.2) is 0 Å². The van der Waals surface area contributed by atoms with Crippen molar-refractivity contribution in [1.29, 1.82) is 0 Å². The van der Waals surface area contributed by atoms with Crippen molar-refractivity contribution < 1.29 is 9.59 Å². The monoisotopic (exact) mass is 259 g/mol. The number of carbonyl (C=O) groups is 2. The highest BCUT2D eigenvalue weighted by molar-refractivity contribution is 6.20. The van der Waals surface area contributed by atoms with E-state index in [9.17, 15) is 9.59 Å². The summed E-state index contributed by atoms with van der Waals surface area (Å²) in [5.41, 5.74) is 6.52. The van der Waals surface area contributed by atoms with Crippen LogP contribution in [0.5, 0.6) is 0 Å². The number of nitrogens with one attached hydrogen (secondary N) is 1. The lowest BCUT2D eigenvalue weighted by atomic mass is 9.95. The van der Waals surface area contributed by atoms with Gasteiger partial charge in [-0.2, -0.15) is 4.99 Å².